The van der Waals surface area contributed by atoms with Crippen LogP contribution in [0.4, 0.5) is 5.69 Å². The molecule has 0 bridgehead atoms. The molecule has 3 heterocycles. The Kier molecular flexibility index (Phi) is 10.2. The van der Waals surface area contributed by atoms with E-state index in [-0.39, 0.29) is 16.9 Å². The van der Waals surface area contributed by atoms with E-state index in [4.69, 9.17) is 14.2 Å². The summed E-state index contributed by atoms with van der Waals surface area (Å²) >= 11 is 0. The van der Waals surface area contributed by atoms with E-state index in [1.165, 1.54) is 6.20 Å². The number of nitrogens with zero attached hydrogens (tertiary/aromatic N) is 6. The first kappa shape index (κ1) is 32.4. The Morgan fingerprint density at radius 2 is 1.77 bits per heavy atom. The van der Waals surface area contributed by atoms with Crippen molar-refractivity contribution in [2.24, 2.45) is 5.41 Å². The second-order valence-corrected chi connectivity index (χ2v) is 11.4. The molecule has 0 amide bonds. The lowest BCUT2D eigenvalue weighted by molar-refractivity contribution is -0.278. The number of benzene rings is 1. The maximum Gasteiger partial charge on any atom is 0.255 e. The molecular weight excluding hydrogens is 568 g/mol. The second kappa shape index (κ2) is 13.9. The van der Waals surface area contributed by atoms with Crippen LogP contribution in [-0.2, 0) is 16.0 Å². The predicted octanol–water partition coefficient (Wildman–Crippen LogP) is 1.79. The van der Waals surface area contributed by atoms with E-state index in [9.17, 15) is 30.9 Å². The van der Waals surface area contributed by atoms with Crippen molar-refractivity contribution in [2.75, 3.05) is 25.1 Å². The number of likely N-dealkylation sites (N-methyl/N-ethyl adjacent to an activating group) is 1. The van der Waals surface area contributed by atoms with E-state index in [1.54, 1.807) is 22.9 Å². The Morgan fingerprint density at radius 1 is 1.07 bits per heavy atom. The van der Waals surface area contributed by atoms with E-state index in [0.29, 0.717) is 30.2 Å². The minimum atomic E-state index is -1.55. The van der Waals surface area contributed by atoms with Gasteiger partial charge in [0.25, 0.3) is 5.88 Å². The molecule has 1 aromatic carbocycles. The largest absolute Gasteiger partial charge is 0.461 e. The minimum absolute atomic E-state index is 0.0248. The van der Waals surface area contributed by atoms with Gasteiger partial charge in [-0.15, -0.1) is 0 Å². The van der Waals surface area contributed by atoms with Gasteiger partial charge in [0.1, 0.15) is 53.6 Å². The number of aliphatic hydroxyl groups is 4. The molecule has 5 atom stereocenters. The average Bonchev–Trinajstić information content (AvgIpc) is 3.46. The number of rotatable bonds is 9. The zero-order chi connectivity index (χ0) is 32.0. The van der Waals surface area contributed by atoms with Crippen molar-refractivity contribution in [1.29, 1.82) is 10.5 Å². The van der Waals surface area contributed by atoms with Crippen molar-refractivity contribution in [3.63, 3.8) is 0 Å². The number of aliphatic hydroxyl groups excluding tert-OH is 4. The molecule has 0 saturated carbocycles. The maximum atomic E-state index is 10.2. The van der Waals surface area contributed by atoms with Gasteiger partial charge in [0, 0.05) is 30.3 Å². The Balaban J connectivity index is 1.34. The Labute approximate surface area is 255 Å². The standard InChI is InChI=1S/C31H36N6O7/c1-31(2,3)25-14-20(21(15-32)16-33)13-23(42-25)10-7-19-5-8-22(9-6-19)36(4)11-12-37-17-26(34-35-37)44-30-29(41)28(40)27(39)24(18-38)43-30/h5-10,13-14,17,24,27-30,38-41H,11-12,18H2,1-4H3/b10-7+/t24-,27+,28+,29-,30+/m1/s1. The molecule has 13 nitrogen and oxygen atoms in total. The molecule has 13 heteroatoms. The van der Waals surface area contributed by atoms with Crippen LogP contribution in [0.1, 0.15) is 26.3 Å². The Bertz CT molecular complexity index is 1510. The molecule has 2 aliphatic heterocycles. The van der Waals surface area contributed by atoms with Crippen LogP contribution in [-0.4, -0.2) is 86.3 Å². The van der Waals surface area contributed by atoms with E-state index < -0.39 is 37.3 Å². The van der Waals surface area contributed by atoms with Gasteiger partial charge in [-0.1, -0.05) is 49.3 Å². The summed E-state index contributed by atoms with van der Waals surface area (Å²) in [5, 5.41) is 66.0. The van der Waals surface area contributed by atoms with Crippen molar-refractivity contribution >= 4 is 11.8 Å². The maximum absolute atomic E-state index is 10.2. The van der Waals surface area contributed by atoms with Gasteiger partial charge in [0.05, 0.1) is 19.3 Å². The second-order valence-electron chi connectivity index (χ2n) is 11.4. The molecule has 2 aliphatic rings. The van der Waals surface area contributed by atoms with Crippen molar-refractivity contribution in [2.45, 2.75) is 58.0 Å². The van der Waals surface area contributed by atoms with Gasteiger partial charge in [0.15, 0.2) is 0 Å². The molecule has 2 aromatic rings. The Morgan fingerprint density at radius 3 is 2.41 bits per heavy atom. The summed E-state index contributed by atoms with van der Waals surface area (Å²) in [6.45, 7) is 6.47. The molecule has 0 unspecified atom stereocenters. The van der Waals surface area contributed by atoms with Crippen LogP contribution in [0.2, 0.25) is 0 Å². The third kappa shape index (κ3) is 7.71. The summed E-state index contributed by atoms with van der Waals surface area (Å²) in [5.74, 6) is 1.24. The first-order valence-corrected chi connectivity index (χ1v) is 14.0. The zero-order valence-electron chi connectivity index (χ0n) is 24.9. The summed E-state index contributed by atoms with van der Waals surface area (Å²) in [6, 6.07) is 11.7. The number of nitriles is 2. The highest BCUT2D eigenvalue weighted by atomic mass is 16.7. The summed E-state index contributed by atoms with van der Waals surface area (Å²) in [6.07, 6.45) is 1.63. The van der Waals surface area contributed by atoms with Crippen molar-refractivity contribution < 1.29 is 34.6 Å². The fourth-order valence-corrected chi connectivity index (χ4v) is 4.40. The average molecular weight is 605 g/mol. The lowest BCUT2D eigenvalue weighted by Gasteiger charge is -2.39. The molecule has 4 rings (SSSR count). The van der Waals surface area contributed by atoms with E-state index in [1.807, 2.05) is 75.2 Å². The Hall–Kier alpha value is -4.50. The van der Waals surface area contributed by atoms with Crippen LogP contribution < -0.4 is 9.64 Å². The van der Waals surface area contributed by atoms with Crippen LogP contribution in [0.5, 0.6) is 5.88 Å². The van der Waals surface area contributed by atoms with Gasteiger partial charge in [-0.2, -0.15) is 10.5 Å². The molecule has 0 spiro atoms. The smallest absolute Gasteiger partial charge is 0.255 e. The van der Waals surface area contributed by atoms with Crippen LogP contribution >= 0.6 is 0 Å². The quantitative estimate of drug-likeness (QED) is 0.304. The molecule has 4 N–H and O–H groups in total. The number of hydrogen-bond donors (Lipinski definition) is 4. The van der Waals surface area contributed by atoms with Crippen molar-refractivity contribution in [3.8, 4) is 18.0 Å². The normalized spacial score (nSPS) is 23.7. The van der Waals surface area contributed by atoms with Crippen molar-refractivity contribution in [3.05, 3.63) is 76.9 Å². The number of ether oxygens (including phenoxy) is 3. The zero-order valence-corrected chi connectivity index (χ0v) is 24.9. The third-order valence-corrected chi connectivity index (χ3v) is 7.11. The number of anilines is 1. The highest BCUT2D eigenvalue weighted by Crippen LogP contribution is 2.34. The first-order valence-electron chi connectivity index (χ1n) is 14.0. The lowest BCUT2D eigenvalue weighted by Crippen LogP contribution is -2.60. The molecule has 44 heavy (non-hydrogen) atoms. The molecule has 232 valence electrons. The van der Waals surface area contributed by atoms with Gasteiger partial charge in [-0.25, -0.2) is 4.68 Å². The fourth-order valence-electron chi connectivity index (χ4n) is 4.40. The number of allylic oxidation sites excluding steroid dienone is 6. The lowest BCUT2D eigenvalue weighted by atomic mass is 9.90. The number of hydrogen-bond acceptors (Lipinski definition) is 12. The summed E-state index contributed by atoms with van der Waals surface area (Å²) in [7, 11) is 1.93. The van der Waals surface area contributed by atoms with Gasteiger partial charge in [0.2, 0.25) is 6.29 Å². The summed E-state index contributed by atoms with van der Waals surface area (Å²) < 4.78 is 18.4. The molecule has 1 saturated heterocycles. The van der Waals surface area contributed by atoms with Gasteiger partial charge < -0.3 is 39.5 Å². The summed E-state index contributed by atoms with van der Waals surface area (Å²) in [4.78, 5) is 2.03. The minimum Gasteiger partial charge on any atom is -0.461 e. The fraction of sp³-hybridized carbons (Fsp3) is 0.419. The first-order chi connectivity index (χ1) is 20.9. The van der Waals surface area contributed by atoms with Gasteiger partial charge in [-0.3, -0.25) is 0 Å². The van der Waals surface area contributed by atoms with Crippen LogP contribution in [0, 0.1) is 28.1 Å². The van der Waals surface area contributed by atoms with E-state index in [2.05, 4.69) is 10.3 Å². The van der Waals surface area contributed by atoms with E-state index in [0.717, 1.165) is 11.3 Å². The molecule has 0 aliphatic carbocycles. The van der Waals surface area contributed by atoms with Crippen LogP contribution in [0.25, 0.3) is 6.08 Å². The predicted molar refractivity (Wildman–Crippen MR) is 158 cm³/mol. The van der Waals surface area contributed by atoms with Crippen LogP contribution in [0.3, 0.4) is 0 Å². The van der Waals surface area contributed by atoms with E-state index >= 15 is 0 Å². The summed E-state index contributed by atoms with van der Waals surface area (Å²) in [5.41, 5.74) is 2.12. The highest BCUT2D eigenvalue weighted by molar-refractivity contribution is 5.59. The number of aromatic nitrogens is 3. The monoisotopic (exact) mass is 604 g/mol. The molecule has 0 radical (unpaired) electrons. The van der Waals surface area contributed by atoms with Gasteiger partial charge >= 0.3 is 0 Å². The molecule has 1 fully saturated rings. The molecular formula is C31H36N6O7. The van der Waals surface area contributed by atoms with Crippen molar-refractivity contribution in [1.82, 2.24) is 15.0 Å². The SMILES string of the molecule is CN(CCn1cc(O[C@@H]2O[C@H](CO)[C@H](O)[C@H](O)[C@H]2O)nn1)c1ccc(/C=C/C2=CC(=C(C#N)C#N)C=C(C(C)(C)C)O2)cc1. The topological polar surface area (TPSA) is 190 Å². The third-order valence-electron chi connectivity index (χ3n) is 7.11. The highest BCUT2D eigenvalue weighted by Gasteiger charge is 2.45. The molecule has 1 aromatic heterocycles. The van der Waals surface area contributed by atoms with Crippen LogP contribution in [0.15, 0.2) is 71.4 Å². The van der Waals surface area contributed by atoms with Gasteiger partial charge in [-0.05, 0) is 35.9 Å².